The number of hydrogen-bond donors (Lipinski definition) is 2. The highest BCUT2D eigenvalue weighted by Gasteiger charge is 2.13. The first kappa shape index (κ1) is 16.8. The maximum absolute atomic E-state index is 12.6. The van der Waals surface area contributed by atoms with E-state index in [-0.39, 0.29) is 11.9 Å². The summed E-state index contributed by atoms with van der Waals surface area (Å²) in [6.07, 6.45) is 1.73. The standard InChI is InChI=1S/C21H17N3O3/c1-2-27-21(26)14-7-9-16(10-8-14)23-20(25)17-12-15-6-5-13-4-3-11-22-18(13)19(15)24-17/h3-12,24H,2H2,1H3,(H,23,25). The summed E-state index contributed by atoms with van der Waals surface area (Å²) >= 11 is 0. The molecule has 0 atom stereocenters. The number of H-pyrrole nitrogens is 1. The Morgan fingerprint density at radius 3 is 2.63 bits per heavy atom. The predicted octanol–water partition coefficient (Wildman–Crippen LogP) is 4.15. The predicted molar refractivity (Wildman–Crippen MR) is 104 cm³/mol. The minimum absolute atomic E-state index is 0.265. The van der Waals surface area contributed by atoms with Gasteiger partial charge >= 0.3 is 5.97 Å². The number of fused-ring (bicyclic) bond motifs is 3. The van der Waals surface area contributed by atoms with Crippen LogP contribution in [0.4, 0.5) is 5.69 Å². The quantitative estimate of drug-likeness (QED) is 0.536. The number of esters is 1. The zero-order chi connectivity index (χ0) is 18.8. The zero-order valence-electron chi connectivity index (χ0n) is 14.7. The Hall–Kier alpha value is -3.67. The molecule has 0 aliphatic heterocycles. The molecule has 6 nitrogen and oxygen atoms in total. The molecular weight excluding hydrogens is 342 g/mol. The molecule has 0 unspecified atom stereocenters. The molecule has 0 saturated heterocycles. The van der Waals surface area contributed by atoms with Crippen molar-refractivity contribution in [2.45, 2.75) is 6.92 Å². The van der Waals surface area contributed by atoms with Gasteiger partial charge in [0.25, 0.3) is 5.91 Å². The second-order valence-electron chi connectivity index (χ2n) is 6.04. The van der Waals surface area contributed by atoms with E-state index in [1.807, 2.05) is 24.3 Å². The van der Waals surface area contributed by atoms with Crippen LogP contribution >= 0.6 is 0 Å². The monoisotopic (exact) mass is 359 g/mol. The molecule has 0 aliphatic carbocycles. The smallest absolute Gasteiger partial charge is 0.338 e. The number of nitrogens with zero attached hydrogens (tertiary/aromatic N) is 1. The molecule has 2 aromatic heterocycles. The highest BCUT2D eigenvalue weighted by Crippen LogP contribution is 2.24. The van der Waals surface area contributed by atoms with Crippen molar-refractivity contribution in [2.75, 3.05) is 11.9 Å². The van der Waals surface area contributed by atoms with Gasteiger partial charge in [-0.1, -0.05) is 18.2 Å². The average molecular weight is 359 g/mol. The van der Waals surface area contributed by atoms with E-state index in [0.29, 0.717) is 23.6 Å². The summed E-state index contributed by atoms with van der Waals surface area (Å²) in [7, 11) is 0. The molecule has 27 heavy (non-hydrogen) atoms. The largest absolute Gasteiger partial charge is 0.462 e. The summed E-state index contributed by atoms with van der Waals surface area (Å²) in [4.78, 5) is 31.8. The van der Waals surface area contributed by atoms with Crippen LogP contribution in [0.5, 0.6) is 0 Å². The molecule has 6 heteroatoms. The van der Waals surface area contributed by atoms with E-state index in [1.165, 1.54) is 0 Å². The molecule has 0 radical (unpaired) electrons. The number of aromatic amines is 1. The summed E-state index contributed by atoms with van der Waals surface area (Å²) in [6, 6.07) is 16.2. The van der Waals surface area contributed by atoms with Crippen LogP contribution in [0, 0.1) is 0 Å². The number of carbonyl (C=O) groups is 2. The normalized spacial score (nSPS) is 10.9. The van der Waals surface area contributed by atoms with Crippen LogP contribution < -0.4 is 5.32 Å². The molecule has 2 heterocycles. The number of rotatable bonds is 4. The number of nitrogens with one attached hydrogen (secondary N) is 2. The molecule has 4 rings (SSSR count). The maximum atomic E-state index is 12.6. The van der Waals surface area contributed by atoms with E-state index in [4.69, 9.17) is 4.74 Å². The van der Waals surface area contributed by atoms with Gasteiger partial charge in [-0.05, 0) is 43.3 Å². The molecule has 0 fully saturated rings. The van der Waals surface area contributed by atoms with Gasteiger partial charge in [-0.3, -0.25) is 9.78 Å². The molecule has 1 amide bonds. The van der Waals surface area contributed by atoms with Crippen molar-refractivity contribution >= 4 is 39.4 Å². The number of hydrogen-bond acceptors (Lipinski definition) is 4. The third kappa shape index (κ3) is 3.25. The number of ether oxygens (including phenoxy) is 1. The van der Waals surface area contributed by atoms with Crippen LogP contribution in [0.2, 0.25) is 0 Å². The molecule has 4 aromatic rings. The summed E-state index contributed by atoms with van der Waals surface area (Å²) in [5, 5.41) is 4.75. The molecule has 0 spiro atoms. The molecule has 134 valence electrons. The summed E-state index contributed by atoms with van der Waals surface area (Å²) in [6.45, 7) is 2.08. The van der Waals surface area contributed by atoms with Gasteiger partial charge in [0.05, 0.1) is 23.2 Å². The van der Waals surface area contributed by atoms with Crippen LogP contribution in [0.25, 0.3) is 21.8 Å². The van der Waals surface area contributed by atoms with Gasteiger partial charge in [-0.2, -0.15) is 0 Å². The first-order valence-electron chi connectivity index (χ1n) is 8.60. The fraction of sp³-hybridized carbons (Fsp3) is 0.0952. The Balaban J connectivity index is 1.58. The fourth-order valence-electron chi connectivity index (χ4n) is 2.96. The van der Waals surface area contributed by atoms with Gasteiger partial charge in [-0.25, -0.2) is 4.79 Å². The van der Waals surface area contributed by atoms with Crippen LogP contribution in [0.3, 0.4) is 0 Å². The number of benzene rings is 2. The number of pyridine rings is 1. The van der Waals surface area contributed by atoms with E-state index in [0.717, 1.165) is 21.8 Å². The van der Waals surface area contributed by atoms with E-state index in [9.17, 15) is 9.59 Å². The van der Waals surface area contributed by atoms with Crippen molar-refractivity contribution in [2.24, 2.45) is 0 Å². The van der Waals surface area contributed by atoms with Gasteiger partial charge in [0, 0.05) is 22.7 Å². The SMILES string of the molecule is CCOC(=O)c1ccc(NC(=O)c2cc3ccc4cccnc4c3[nH]2)cc1. The molecule has 0 saturated carbocycles. The van der Waals surface area contributed by atoms with Gasteiger partial charge in [0.2, 0.25) is 0 Å². The Bertz CT molecular complexity index is 1150. The third-order valence-electron chi connectivity index (χ3n) is 4.26. The highest BCUT2D eigenvalue weighted by molar-refractivity contribution is 6.10. The topological polar surface area (TPSA) is 84.1 Å². The van der Waals surface area contributed by atoms with Crippen molar-refractivity contribution in [1.82, 2.24) is 9.97 Å². The van der Waals surface area contributed by atoms with Crippen molar-refractivity contribution in [3.8, 4) is 0 Å². The minimum atomic E-state index is -0.384. The Labute approximate surface area is 155 Å². The van der Waals surface area contributed by atoms with Gasteiger partial charge in [0.15, 0.2) is 0 Å². The lowest BCUT2D eigenvalue weighted by Crippen LogP contribution is -2.12. The number of anilines is 1. The van der Waals surface area contributed by atoms with E-state index >= 15 is 0 Å². The van der Waals surface area contributed by atoms with Gasteiger partial charge in [-0.15, -0.1) is 0 Å². The van der Waals surface area contributed by atoms with Crippen molar-refractivity contribution in [3.63, 3.8) is 0 Å². The molecular formula is C21H17N3O3. The first-order valence-corrected chi connectivity index (χ1v) is 8.60. The van der Waals surface area contributed by atoms with Crippen LogP contribution in [-0.4, -0.2) is 28.5 Å². The highest BCUT2D eigenvalue weighted by atomic mass is 16.5. The second kappa shape index (κ2) is 6.92. The molecule has 0 bridgehead atoms. The zero-order valence-corrected chi connectivity index (χ0v) is 14.7. The molecule has 2 aromatic carbocycles. The summed E-state index contributed by atoms with van der Waals surface area (Å²) < 4.78 is 4.95. The Morgan fingerprint density at radius 2 is 1.85 bits per heavy atom. The Kier molecular flexibility index (Phi) is 4.30. The number of carbonyl (C=O) groups excluding carboxylic acids is 2. The summed E-state index contributed by atoms with van der Waals surface area (Å²) in [5.41, 5.74) is 3.13. The van der Waals surface area contributed by atoms with Gasteiger partial charge in [0.1, 0.15) is 5.69 Å². The molecule has 2 N–H and O–H groups in total. The molecule has 0 aliphatic rings. The summed E-state index contributed by atoms with van der Waals surface area (Å²) in [5.74, 6) is -0.649. The third-order valence-corrected chi connectivity index (χ3v) is 4.26. The lowest BCUT2D eigenvalue weighted by atomic mass is 10.1. The minimum Gasteiger partial charge on any atom is -0.462 e. The van der Waals surface area contributed by atoms with Gasteiger partial charge < -0.3 is 15.0 Å². The van der Waals surface area contributed by atoms with E-state index in [1.54, 1.807) is 43.5 Å². The Morgan fingerprint density at radius 1 is 1.07 bits per heavy atom. The number of amides is 1. The first-order chi connectivity index (χ1) is 13.2. The fourth-order valence-corrected chi connectivity index (χ4v) is 2.96. The van der Waals surface area contributed by atoms with Crippen LogP contribution in [-0.2, 0) is 4.74 Å². The lowest BCUT2D eigenvalue weighted by Gasteiger charge is -2.05. The van der Waals surface area contributed by atoms with Crippen molar-refractivity contribution in [1.29, 1.82) is 0 Å². The van der Waals surface area contributed by atoms with E-state index < -0.39 is 0 Å². The van der Waals surface area contributed by atoms with Crippen LogP contribution in [0.15, 0.2) is 60.8 Å². The number of aromatic nitrogens is 2. The van der Waals surface area contributed by atoms with Crippen molar-refractivity contribution < 1.29 is 14.3 Å². The van der Waals surface area contributed by atoms with Crippen LogP contribution in [0.1, 0.15) is 27.8 Å². The van der Waals surface area contributed by atoms with Crippen molar-refractivity contribution in [3.05, 3.63) is 72.1 Å². The average Bonchev–Trinajstić information content (AvgIpc) is 3.14. The second-order valence-corrected chi connectivity index (χ2v) is 6.04. The lowest BCUT2D eigenvalue weighted by molar-refractivity contribution is 0.0526. The maximum Gasteiger partial charge on any atom is 0.338 e. The van der Waals surface area contributed by atoms with E-state index in [2.05, 4.69) is 15.3 Å².